The largest absolute Gasteiger partial charge is 0.506 e. The lowest BCUT2D eigenvalue weighted by Gasteiger charge is -2.11. The van der Waals surface area contributed by atoms with Crippen LogP contribution in [0.3, 0.4) is 0 Å². The molecular weight excluding hydrogens is 588 g/mol. The number of fused-ring (bicyclic) bond motifs is 4. The van der Waals surface area contributed by atoms with Gasteiger partial charge in [-0.05, 0) is 71.1 Å². The minimum Gasteiger partial charge on any atom is -0.506 e. The monoisotopic (exact) mass is 616 g/mol. The first-order valence-corrected chi connectivity index (χ1v) is 14.2. The van der Waals surface area contributed by atoms with Gasteiger partial charge in [0, 0.05) is 29.4 Å². The number of furan rings is 1. The lowest BCUT2D eigenvalue weighted by Crippen LogP contribution is -2.24. The number of nitrogens with zero attached hydrogens (tertiary/aromatic N) is 3. The predicted octanol–water partition coefficient (Wildman–Crippen LogP) is 5.89. The third kappa shape index (κ3) is 5.15. The van der Waals surface area contributed by atoms with E-state index in [0.717, 1.165) is 64.8 Å². The third-order valence-electron chi connectivity index (χ3n) is 7.44. The summed E-state index contributed by atoms with van der Waals surface area (Å²) in [6, 6.07) is 15.2. The van der Waals surface area contributed by atoms with Crippen molar-refractivity contribution in [2.75, 3.05) is 14.2 Å². The minimum absolute atomic E-state index is 0.0153. The number of carbonyl (C=O) groups excluding carboxylic acids is 1. The van der Waals surface area contributed by atoms with E-state index in [2.05, 4.69) is 26.5 Å². The first kappa shape index (κ1) is 26.9. The smallest absolute Gasteiger partial charge is 0.260 e. The molecule has 3 aromatic carbocycles. The van der Waals surface area contributed by atoms with E-state index in [-0.39, 0.29) is 18.2 Å². The second kappa shape index (κ2) is 11.3. The Morgan fingerprint density at radius 1 is 1.15 bits per heavy atom. The summed E-state index contributed by atoms with van der Waals surface area (Å²) in [5.41, 5.74) is 7.56. The van der Waals surface area contributed by atoms with Crippen LogP contribution < -0.4 is 14.9 Å². The number of aromatic hydroxyl groups is 1. The van der Waals surface area contributed by atoms with E-state index in [1.165, 1.54) is 6.21 Å². The number of para-hydroxylation sites is 2. The normalized spacial score (nSPS) is 13.1. The number of halogens is 1. The first-order chi connectivity index (χ1) is 20.0. The highest BCUT2D eigenvalue weighted by Crippen LogP contribution is 2.40. The fraction of sp³-hybridized carbons (Fsp3) is 0.258. The molecule has 0 fully saturated rings. The number of rotatable bonds is 8. The number of phenolic OH excluding ortho intramolecular Hbond substituents is 1. The number of aryl methyl sites for hydroxylation is 2. The number of aromatic nitrogens is 2. The summed E-state index contributed by atoms with van der Waals surface area (Å²) in [6.45, 7) is 0.0153. The number of benzene rings is 3. The number of ether oxygens (including phenoxy) is 2. The number of imidazole rings is 1. The molecule has 1 aliphatic rings. The maximum Gasteiger partial charge on any atom is 0.260 e. The maximum atomic E-state index is 13.1. The van der Waals surface area contributed by atoms with E-state index >= 15 is 0 Å². The summed E-state index contributed by atoms with van der Waals surface area (Å²) in [6.07, 6.45) is 5.88. The molecule has 0 unspecified atom stereocenters. The van der Waals surface area contributed by atoms with Gasteiger partial charge in [-0.25, -0.2) is 10.4 Å². The molecule has 0 saturated heterocycles. The Morgan fingerprint density at radius 3 is 2.78 bits per heavy atom. The number of nitrogens with one attached hydrogen (secondary N) is 1. The second-order valence-corrected chi connectivity index (χ2v) is 10.8. The molecule has 1 aliphatic carbocycles. The fourth-order valence-electron chi connectivity index (χ4n) is 5.50. The van der Waals surface area contributed by atoms with Gasteiger partial charge in [-0.2, -0.15) is 5.10 Å². The van der Waals surface area contributed by atoms with E-state index in [4.69, 9.17) is 18.9 Å². The Hall–Kier alpha value is -4.31. The Bertz CT molecular complexity index is 1810. The van der Waals surface area contributed by atoms with Crippen molar-refractivity contribution in [2.24, 2.45) is 5.10 Å². The molecule has 0 radical (unpaired) electrons. The number of phenols is 1. The van der Waals surface area contributed by atoms with Gasteiger partial charge in [0.1, 0.15) is 29.5 Å². The van der Waals surface area contributed by atoms with Crippen LogP contribution in [0.2, 0.25) is 0 Å². The molecule has 2 heterocycles. The molecule has 1 amide bonds. The molecule has 0 spiro atoms. The number of hydrogen-bond donors (Lipinski definition) is 2. The van der Waals surface area contributed by atoms with Crippen LogP contribution in [0.4, 0.5) is 0 Å². The summed E-state index contributed by atoms with van der Waals surface area (Å²) >= 11 is 3.41. The van der Waals surface area contributed by atoms with Crippen molar-refractivity contribution >= 4 is 50.1 Å². The average molecular weight is 617 g/mol. The lowest BCUT2D eigenvalue weighted by atomic mass is 9.94. The molecule has 0 aliphatic heterocycles. The Morgan fingerprint density at radius 2 is 1.95 bits per heavy atom. The van der Waals surface area contributed by atoms with Crippen LogP contribution in [0.15, 0.2) is 62.5 Å². The highest BCUT2D eigenvalue weighted by molar-refractivity contribution is 9.10. The molecule has 5 aromatic rings. The molecule has 2 N–H and O–H groups in total. The van der Waals surface area contributed by atoms with Gasteiger partial charge in [0.05, 0.1) is 35.9 Å². The molecule has 6 rings (SSSR count). The molecule has 0 atom stereocenters. The fourth-order valence-corrected chi connectivity index (χ4v) is 5.92. The SMILES string of the molecule is COc1ccc(Cc2nc3ccccc3n2CC(=O)N/N=C/c2c(O)c(Br)cc3oc4c(c23)CCCC4)cc1OC. The van der Waals surface area contributed by atoms with E-state index in [1.54, 1.807) is 20.3 Å². The summed E-state index contributed by atoms with van der Waals surface area (Å²) < 4.78 is 19.3. The first-order valence-electron chi connectivity index (χ1n) is 13.4. The van der Waals surface area contributed by atoms with E-state index in [9.17, 15) is 9.90 Å². The Labute approximate surface area is 244 Å². The average Bonchev–Trinajstić information content (AvgIpc) is 3.52. The molecular formula is C31H29BrN4O5. The van der Waals surface area contributed by atoms with Crippen molar-refractivity contribution in [3.63, 3.8) is 0 Å². The summed E-state index contributed by atoms with van der Waals surface area (Å²) in [5, 5.41) is 15.9. The van der Waals surface area contributed by atoms with Crippen LogP contribution >= 0.6 is 15.9 Å². The highest BCUT2D eigenvalue weighted by atomic mass is 79.9. The molecule has 210 valence electrons. The van der Waals surface area contributed by atoms with Crippen LogP contribution in [0.5, 0.6) is 17.2 Å². The van der Waals surface area contributed by atoms with Gasteiger partial charge in [-0.1, -0.05) is 18.2 Å². The lowest BCUT2D eigenvalue weighted by molar-refractivity contribution is -0.121. The van der Waals surface area contributed by atoms with Gasteiger partial charge in [0.25, 0.3) is 5.91 Å². The zero-order valence-corrected chi connectivity index (χ0v) is 24.3. The van der Waals surface area contributed by atoms with Crippen molar-refractivity contribution < 1.29 is 23.8 Å². The van der Waals surface area contributed by atoms with Gasteiger partial charge in [0.15, 0.2) is 11.5 Å². The van der Waals surface area contributed by atoms with Crippen molar-refractivity contribution in [3.8, 4) is 17.2 Å². The van der Waals surface area contributed by atoms with Crippen LogP contribution in [-0.4, -0.2) is 41.0 Å². The van der Waals surface area contributed by atoms with Crippen LogP contribution in [0.25, 0.3) is 22.0 Å². The number of amides is 1. The zero-order chi connectivity index (χ0) is 28.5. The summed E-state index contributed by atoms with van der Waals surface area (Å²) in [7, 11) is 3.20. The number of methoxy groups -OCH3 is 2. The molecule has 41 heavy (non-hydrogen) atoms. The van der Waals surface area contributed by atoms with Crippen molar-refractivity contribution in [1.82, 2.24) is 15.0 Å². The molecule has 2 aromatic heterocycles. The molecule has 0 bridgehead atoms. The van der Waals surface area contributed by atoms with Gasteiger partial charge < -0.3 is 23.6 Å². The van der Waals surface area contributed by atoms with Crippen molar-refractivity contribution in [1.29, 1.82) is 0 Å². The second-order valence-electron chi connectivity index (χ2n) is 9.97. The van der Waals surface area contributed by atoms with Gasteiger partial charge >= 0.3 is 0 Å². The van der Waals surface area contributed by atoms with Gasteiger partial charge in [0.2, 0.25) is 0 Å². The molecule has 10 heteroatoms. The van der Waals surface area contributed by atoms with E-state index in [0.29, 0.717) is 33.5 Å². The topological polar surface area (TPSA) is 111 Å². The zero-order valence-electron chi connectivity index (χ0n) is 22.7. The van der Waals surface area contributed by atoms with Crippen LogP contribution in [0.1, 0.15) is 41.1 Å². The Balaban J connectivity index is 1.26. The van der Waals surface area contributed by atoms with Crippen molar-refractivity contribution in [2.45, 2.75) is 38.6 Å². The summed E-state index contributed by atoms with van der Waals surface area (Å²) in [5.74, 6) is 2.70. The van der Waals surface area contributed by atoms with E-state index in [1.807, 2.05) is 47.0 Å². The van der Waals surface area contributed by atoms with Crippen LogP contribution in [0, 0.1) is 0 Å². The standard InChI is InChI=1S/C31H29BrN4O5/c1-39-25-12-11-18(13-26(25)40-2)14-28-34-22-8-4-5-9-23(22)36(28)17-29(37)35-33-16-20-30-19-7-3-6-10-24(19)41-27(30)15-21(32)31(20)38/h4-5,8-9,11-13,15-16,38H,3,6-7,10,14,17H2,1-2H3,(H,35,37)/b33-16+. The quantitative estimate of drug-likeness (QED) is 0.166. The highest BCUT2D eigenvalue weighted by Gasteiger charge is 2.23. The number of carbonyl (C=O) groups is 1. The predicted molar refractivity (Wildman–Crippen MR) is 160 cm³/mol. The van der Waals surface area contributed by atoms with E-state index < -0.39 is 0 Å². The van der Waals surface area contributed by atoms with Gasteiger partial charge in [-0.15, -0.1) is 0 Å². The third-order valence-corrected chi connectivity index (χ3v) is 8.04. The van der Waals surface area contributed by atoms with Crippen molar-refractivity contribution in [3.05, 3.63) is 81.3 Å². The minimum atomic E-state index is -0.321. The maximum absolute atomic E-state index is 13.1. The molecule has 9 nitrogen and oxygen atoms in total. The van der Waals surface area contributed by atoms with Gasteiger partial charge in [-0.3, -0.25) is 4.79 Å². The Kier molecular flexibility index (Phi) is 7.40. The molecule has 0 saturated carbocycles. The van der Waals surface area contributed by atoms with Crippen LogP contribution in [-0.2, 0) is 30.6 Å². The number of hydrogen-bond acceptors (Lipinski definition) is 7. The summed E-state index contributed by atoms with van der Waals surface area (Å²) in [4.78, 5) is 17.9. The number of hydrazone groups is 1.